The van der Waals surface area contributed by atoms with Crippen molar-refractivity contribution in [3.05, 3.63) is 53.2 Å². The van der Waals surface area contributed by atoms with Crippen molar-refractivity contribution in [2.24, 2.45) is 0 Å². The lowest BCUT2D eigenvalue weighted by Gasteiger charge is -2.11. The molecular formula is C16H17ClN4O. The fraction of sp³-hybridized carbons (Fsp3) is 0.250. The number of nitrogens with one attached hydrogen (secondary N) is 3. The highest BCUT2D eigenvalue weighted by Gasteiger charge is 2.16. The molecule has 22 heavy (non-hydrogen) atoms. The Bertz CT molecular complexity index is 636. The molecule has 5 nitrogen and oxygen atoms in total. The second kappa shape index (κ2) is 6.77. The SMILES string of the molecule is O=C(Nc1ccc([C@@H]2CCNC2)cc1)Nc1ccc(Cl)cn1. The highest BCUT2D eigenvalue weighted by atomic mass is 35.5. The number of anilines is 2. The van der Waals surface area contributed by atoms with Gasteiger partial charge in [-0.15, -0.1) is 0 Å². The van der Waals surface area contributed by atoms with E-state index in [9.17, 15) is 4.79 Å². The molecule has 2 amide bonds. The zero-order valence-corrected chi connectivity index (χ0v) is 12.7. The monoisotopic (exact) mass is 316 g/mol. The average molecular weight is 317 g/mol. The molecule has 3 rings (SSSR count). The van der Waals surface area contributed by atoms with Crippen LogP contribution >= 0.6 is 11.6 Å². The Kier molecular flexibility index (Phi) is 4.56. The van der Waals surface area contributed by atoms with E-state index < -0.39 is 0 Å². The van der Waals surface area contributed by atoms with E-state index in [-0.39, 0.29) is 6.03 Å². The Balaban J connectivity index is 1.57. The van der Waals surface area contributed by atoms with Crippen LogP contribution in [0.5, 0.6) is 0 Å². The van der Waals surface area contributed by atoms with E-state index in [0.29, 0.717) is 16.8 Å². The first kappa shape index (κ1) is 14.8. The first-order valence-corrected chi connectivity index (χ1v) is 7.59. The van der Waals surface area contributed by atoms with Crippen LogP contribution < -0.4 is 16.0 Å². The quantitative estimate of drug-likeness (QED) is 0.812. The van der Waals surface area contributed by atoms with Gasteiger partial charge in [0, 0.05) is 18.4 Å². The lowest BCUT2D eigenvalue weighted by atomic mass is 9.98. The Hall–Kier alpha value is -2.11. The van der Waals surface area contributed by atoms with E-state index in [1.807, 2.05) is 12.1 Å². The molecule has 1 fully saturated rings. The number of halogens is 1. The summed E-state index contributed by atoms with van der Waals surface area (Å²) in [6, 6.07) is 11.0. The van der Waals surface area contributed by atoms with Crippen molar-refractivity contribution in [3.8, 4) is 0 Å². The van der Waals surface area contributed by atoms with Gasteiger partial charge in [-0.1, -0.05) is 23.7 Å². The summed E-state index contributed by atoms with van der Waals surface area (Å²) >= 11 is 5.75. The summed E-state index contributed by atoms with van der Waals surface area (Å²) in [6.45, 7) is 2.09. The maximum atomic E-state index is 11.9. The molecule has 1 atom stereocenters. The van der Waals surface area contributed by atoms with Gasteiger partial charge >= 0.3 is 6.03 Å². The molecule has 0 aliphatic carbocycles. The van der Waals surface area contributed by atoms with Crippen molar-refractivity contribution in [1.82, 2.24) is 10.3 Å². The third-order valence-corrected chi connectivity index (χ3v) is 3.89. The van der Waals surface area contributed by atoms with Crippen molar-refractivity contribution in [1.29, 1.82) is 0 Å². The number of urea groups is 1. The third kappa shape index (κ3) is 3.75. The van der Waals surface area contributed by atoms with Gasteiger partial charge in [0.1, 0.15) is 5.82 Å². The van der Waals surface area contributed by atoms with Gasteiger partial charge in [0.2, 0.25) is 0 Å². The lowest BCUT2D eigenvalue weighted by molar-refractivity contribution is 0.262. The van der Waals surface area contributed by atoms with Crippen LogP contribution in [0.2, 0.25) is 5.02 Å². The number of benzene rings is 1. The lowest BCUT2D eigenvalue weighted by Crippen LogP contribution is -2.20. The smallest absolute Gasteiger partial charge is 0.316 e. The van der Waals surface area contributed by atoms with Gasteiger partial charge in [0.05, 0.1) is 5.02 Å². The Labute approximate surface area is 134 Å². The summed E-state index contributed by atoms with van der Waals surface area (Å²) < 4.78 is 0. The Morgan fingerprint density at radius 1 is 1.18 bits per heavy atom. The van der Waals surface area contributed by atoms with Crippen LogP contribution in [0.3, 0.4) is 0 Å². The highest BCUT2D eigenvalue weighted by Crippen LogP contribution is 2.23. The second-order valence-electron chi connectivity index (χ2n) is 5.25. The number of hydrogen-bond acceptors (Lipinski definition) is 3. The minimum Gasteiger partial charge on any atom is -0.316 e. The van der Waals surface area contributed by atoms with Crippen LogP contribution in [0, 0.1) is 0 Å². The molecule has 1 aromatic carbocycles. The normalized spacial score (nSPS) is 17.2. The van der Waals surface area contributed by atoms with Crippen LogP contribution in [0.4, 0.5) is 16.3 Å². The van der Waals surface area contributed by atoms with Crippen LogP contribution in [0.15, 0.2) is 42.6 Å². The largest absolute Gasteiger partial charge is 0.324 e. The maximum Gasteiger partial charge on any atom is 0.324 e. The van der Waals surface area contributed by atoms with Gasteiger partial charge < -0.3 is 10.6 Å². The van der Waals surface area contributed by atoms with Crippen molar-refractivity contribution in [2.45, 2.75) is 12.3 Å². The molecule has 1 aromatic heterocycles. The Morgan fingerprint density at radius 3 is 2.64 bits per heavy atom. The van der Waals surface area contributed by atoms with Gasteiger partial charge in [-0.2, -0.15) is 0 Å². The number of carbonyl (C=O) groups excluding carboxylic acids is 1. The third-order valence-electron chi connectivity index (χ3n) is 3.67. The van der Waals surface area contributed by atoms with E-state index in [4.69, 9.17) is 11.6 Å². The van der Waals surface area contributed by atoms with Crippen LogP contribution in [0.25, 0.3) is 0 Å². The van der Waals surface area contributed by atoms with Crippen molar-refractivity contribution in [2.75, 3.05) is 23.7 Å². The van der Waals surface area contributed by atoms with Gasteiger partial charge in [-0.25, -0.2) is 9.78 Å². The molecule has 6 heteroatoms. The maximum absolute atomic E-state index is 11.9. The van der Waals surface area contributed by atoms with E-state index >= 15 is 0 Å². The van der Waals surface area contributed by atoms with E-state index in [1.54, 1.807) is 12.1 Å². The molecule has 1 saturated heterocycles. The summed E-state index contributed by atoms with van der Waals surface area (Å²) in [5, 5.41) is 9.32. The standard InChI is InChI=1S/C16H17ClN4O/c17-13-3-6-15(19-10-13)21-16(22)20-14-4-1-11(2-5-14)12-7-8-18-9-12/h1-6,10,12,18H,7-9H2,(H2,19,20,21,22)/t12-/m1/s1. The summed E-state index contributed by atoms with van der Waals surface area (Å²) in [4.78, 5) is 15.9. The van der Waals surface area contributed by atoms with Crippen LogP contribution in [-0.4, -0.2) is 24.1 Å². The number of pyridine rings is 1. The molecular weight excluding hydrogens is 300 g/mol. The Morgan fingerprint density at radius 2 is 2.00 bits per heavy atom. The molecule has 0 radical (unpaired) electrons. The minimum atomic E-state index is -0.329. The zero-order valence-electron chi connectivity index (χ0n) is 12.0. The minimum absolute atomic E-state index is 0.329. The molecule has 2 heterocycles. The number of aromatic nitrogens is 1. The van der Waals surface area contributed by atoms with Crippen LogP contribution in [0.1, 0.15) is 17.9 Å². The molecule has 3 N–H and O–H groups in total. The second-order valence-corrected chi connectivity index (χ2v) is 5.69. The molecule has 0 saturated carbocycles. The summed E-state index contributed by atoms with van der Waals surface area (Å²) in [5.74, 6) is 1.02. The van der Waals surface area contributed by atoms with E-state index in [2.05, 4.69) is 33.1 Å². The molecule has 0 unspecified atom stereocenters. The van der Waals surface area contributed by atoms with Gasteiger partial charge in [0.25, 0.3) is 0 Å². The predicted molar refractivity (Wildman–Crippen MR) is 88.6 cm³/mol. The van der Waals surface area contributed by atoms with E-state index in [0.717, 1.165) is 25.2 Å². The van der Waals surface area contributed by atoms with Crippen molar-refractivity contribution < 1.29 is 4.79 Å². The highest BCUT2D eigenvalue weighted by molar-refractivity contribution is 6.30. The fourth-order valence-electron chi connectivity index (χ4n) is 2.51. The number of hydrogen-bond donors (Lipinski definition) is 3. The summed E-state index contributed by atoms with van der Waals surface area (Å²) in [6.07, 6.45) is 2.65. The average Bonchev–Trinajstić information content (AvgIpc) is 3.05. The van der Waals surface area contributed by atoms with Gasteiger partial charge in [-0.05, 0) is 48.7 Å². The van der Waals surface area contributed by atoms with Gasteiger partial charge in [-0.3, -0.25) is 5.32 Å². The summed E-state index contributed by atoms with van der Waals surface area (Å²) in [7, 11) is 0. The molecule has 1 aliphatic heterocycles. The summed E-state index contributed by atoms with van der Waals surface area (Å²) in [5.41, 5.74) is 2.05. The molecule has 2 aromatic rings. The first-order valence-electron chi connectivity index (χ1n) is 7.21. The van der Waals surface area contributed by atoms with Crippen molar-refractivity contribution >= 4 is 29.1 Å². The van der Waals surface area contributed by atoms with E-state index in [1.165, 1.54) is 11.8 Å². The van der Waals surface area contributed by atoms with Crippen molar-refractivity contribution in [3.63, 3.8) is 0 Å². The molecule has 114 valence electrons. The molecule has 0 bridgehead atoms. The molecule has 1 aliphatic rings. The fourth-order valence-corrected chi connectivity index (χ4v) is 2.62. The first-order chi connectivity index (χ1) is 10.7. The van der Waals surface area contributed by atoms with Crippen LogP contribution in [-0.2, 0) is 0 Å². The number of amides is 2. The zero-order chi connectivity index (χ0) is 15.4. The number of rotatable bonds is 3. The van der Waals surface area contributed by atoms with Gasteiger partial charge in [0.15, 0.2) is 0 Å². The predicted octanol–water partition coefficient (Wildman–Crippen LogP) is 3.46. The number of nitrogens with zero attached hydrogens (tertiary/aromatic N) is 1. The topological polar surface area (TPSA) is 66.1 Å². The molecule has 0 spiro atoms. The number of carbonyl (C=O) groups is 1.